The Morgan fingerprint density at radius 1 is 0.979 bits per heavy atom. The van der Waals surface area contributed by atoms with E-state index in [0.717, 1.165) is 29.9 Å². The average Bonchev–Trinajstić information content (AvgIpc) is 3.01. The van der Waals surface area contributed by atoms with Gasteiger partial charge >= 0.3 is 12.1 Å². The molecule has 264 valence electrons. The minimum absolute atomic E-state index is 0.0833. The molecule has 4 atom stereocenters. The van der Waals surface area contributed by atoms with Crippen molar-refractivity contribution >= 4 is 33.8 Å². The van der Waals surface area contributed by atoms with Crippen molar-refractivity contribution in [3.05, 3.63) is 47.3 Å². The number of nitrogens with zero attached hydrogens (tertiary/aromatic N) is 4. The molecule has 2 fully saturated rings. The number of aliphatic hydroxyl groups excluding tert-OH is 1. The van der Waals surface area contributed by atoms with Crippen LogP contribution >= 0.6 is 0 Å². The van der Waals surface area contributed by atoms with Crippen LogP contribution in [0.15, 0.2) is 35.9 Å². The van der Waals surface area contributed by atoms with Crippen molar-refractivity contribution in [2.45, 2.75) is 58.7 Å². The highest BCUT2D eigenvalue weighted by Gasteiger charge is 2.27. The first kappa shape index (κ1) is 38.4. The minimum atomic E-state index is -3.25. The van der Waals surface area contributed by atoms with Crippen molar-refractivity contribution in [1.29, 1.82) is 0 Å². The van der Waals surface area contributed by atoms with Crippen molar-refractivity contribution in [3.63, 3.8) is 0 Å². The van der Waals surface area contributed by atoms with Gasteiger partial charge in [-0.25, -0.2) is 17.6 Å². The Morgan fingerprint density at radius 3 is 2.26 bits per heavy atom. The molecule has 0 spiro atoms. The zero-order valence-electron chi connectivity index (χ0n) is 28.7. The molecule has 0 unspecified atom stereocenters. The van der Waals surface area contributed by atoms with Crippen molar-refractivity contribution < 1.29 is 37.0 Å². The van der Waals surface area contributed by atoms with E-state index < -0.39 is 28.2 Å². The van der Waals surface area contributed by atoms with Gasteiger partial charge in [-0.1, -0.05) is 31.6 Å². The third-order valence-corrected chi connectivity index (χ3v) is 10.1. The maximum absolute atomic E-state index is 14.6. The highest BCUT2D eigenvalue weighted by molar-refractivity contribution is 7.88. The van der Waals surface area contributed by atoms with Crippen molar-refractivity contribution in [2.24, 2.45) is 11.8 Å². The number of carbonyl (C=O) groups is 2. The number of halogens is 1. The highest BCUT2D eigenvalue weighted by Crippen LogP contribution is 2.25. The van der Waals surface area contributed by atoms with E-state index in [4.69, 9.17) is 4.74 Å². The lowest BCUT2D eigenvalue weighted by molar-refractivity contribution is -0.142. The maximum Gasteiger partial charge on any atom is 0.410 e. The summed E-state index contributed by atoms with van der Waals surface area (Å²) in [6.07, 6.45) is 6.91. The molecule has 0 saturated carbocycles. The van der Waals surface area contributed by atoms with Crippen LogP contribution in [0.1, 0.15) is 52.0 Å². The molecule has 1 N–H and O–H groups in total. The molecule has 0 bridgehead atoms. The molecule has 2 aliphatic rings. The second-order valence-electron chi connectivity index (χ2n) is 13.1. The SMILES string of the molecule is COC(=O)C[C@H](O)CC[C@H](C)[C@H](/C=C/[C@H](C)C/C(C)=C/c1cc(F)cc(N2CCN(S(C)(=O)=O)CC2)c1)OC(=O)N1CCN(C)CC1. The van der Waals surface area contributed by atoms with Crippen molar-refractivity contribution in [2.75, 3.05) is 77.7 Å². The van der Waals surface area contributed by atoms with E-state index in [9.17, 15) is 27.5 Å². The number of rotatable bonds is 14. The number of aliphatic hydroxyl groups is 1. The largest absolute Gasteiger partial charge is 0.469 e. The van der Waals surface area contributed by atoms with Gasteiger partial charge in [-0.2, -0.15) is 4.31 Å². The third kappa shape index (κ3) is 12.9. The Hall–Kier alpha value is -3.00. The van der Waals surface area contributed by atoms with Gasteiger partial charge in [-0.3, -0.25) is 4.79 Å². The lowest BCUT2D eigenvalue weighted by atomic mass is 9.93. The number of likely N-dealkylation sites (N-methyl/N-ethyl adjacent to an activating group) is 1. The van der Waals surface area contributed by atoms with Crippen LogP contribution in [0.3, 0.4) is 0 Å². The molecule has 1 amide bonds. The van der Waals surface area contributed by atoms with Crippen LogP contribution < -0.4 is 4.90 Å². The van der Waals surface area contributed by atoms with Crippen LogP contribution in [0.2, 0.25) is 0 Å². The van der Waals surface area contributed by atoms with E-state index >= 15 is 0 Å². The monoisotopic (exact) mass is 680 g/mol. The third-order valence-electron chi connectivity index (χ3n) is 8.81. The molecule has 13 heteroatoms. The first-order valence-electron chi connectivity index (χ1n) is 16.4. The quantitative estimate of drug-likeness (QED) is 0.230. The second-order valence-corrected chi connectivity index (χ2v) is 15.1. The first-order valence-corrected chi connectivity index (χ1v) is 18.2. The van der Waals surface area contributed by atoms with Gasteiger partial charge in [-0.05, 0) is 74.9 Å². The summed E-state index contributed by atoms with van der Waals surface area (Å²) < 4.78 is 50.5. The summed E-state index contributed by atoms with van der Waals surface area (Å²) in [5.41, 5.74) is 2.50. The zero-order valence-corrected chi connectivity index (χ0v) is 29.5. The number of ether oxygens (including phenoxy) is 2. The highest BCUT2D eigenvalue weighted by atomic mass is 32.2. The van der Waals surface area contributed by atoms with Crippen LogP contribution in [0.5, 0.6) is 0 Å². The fourth-order valence-corrected chi connectivity index (χ4v) is 6.71. The molecular formula is C34H53FN4O7S. The van der Waals surface area contributed by atoms with E-state index in [1.54, 1.807) is 4.90 Å². The number of anilines is 1. The van der Waals surface area contributed by atoms with Gasteiger partial charge < -0.3 is 29.3 Å². The summed E-state index contributed by atoms with van der Waals surface area (Å²) in [6.45, 7) is 10.5. The van der Waals surface area contributed by atoms with Gasteiger partial charge in [0.15, 0.2) is 0 Å². The normalized spacial score (nSPS) is 19.8. The van der Waals surface area contributed by atoms with E-state index in [1.807, 2.05) is 50.1 Å². The molecule has 0 aliphatic carbocycles. The lowest BCUT2D eigenvalue weighted by Crippen LogP contribution is -2.48. The Balaban J connectivity index is 1.65. The molecule has 47 heavy (non-hydrogen) atoms. The summed E-state index contributed by atoms with van der Waals surface area (Å²) in [5, 5.41) is 10.3. The number of carbonyl (C=O) groups excluding carboxylic acids is 2. The minimum Gasteiger partial charge on any atom is -0.469 e. The Kier molecular flexibility index (Phi) is 14.7. The fraction of sp³-hybridized carbons (Fsp3) is 0.647. The lowest BCUT2D eigenvalue weighted by Gasteiger charge is -2.34. The summed E-state index contributed by atoms with van der Waals surface area (Å²) in [5.74, 6) is -0.841. The number of hydrogen-bond acceptors (Lipinski definition) is 9. The number of esters is 1. The predicted molar refractivity (Wildman–Crippen MR) is 182 cm³/mol. The number of piperazine rings is 2. The van der Waals surface area contributed by atoms with Crippen molar-refractivity contribution in [3.8, 4) is 0 Å². The average molecular weight is 681 g/mol. The summed E-state index contributed by atoms with van der Waals surface area (Å²) >= 11 is 0. The molecule has 1 aromatic rings. The maximum atomic E-state index is 14.6. The number of hydrogen-bond donors (Lipinski definition) is 1. The molecule has 0 radical (unpaired) electrons. The predicted octanol–water partition coefficient (Wildman–Crippen LogP) is 3.99. The van der Waals surface area contributed by atoms with Crippen LogP contribution in [0, 0.1) is 17.7 Å². The summed E-state index contributed by atoms with van der Waals surface area (Å²) in [4.78, 5) is 30.5. The number of benzene rings is 1. The Labute approximate surface area is 280 Å². The van der Waals surface area contributed by atoms with Crippen LogP contribution in [0.4, 0.5) is 14.9 Å². The number of allylic oxidation sites excluding steroid dienone is 2. The molecule has 3 rings (SSSR count). The molecule has 2 heterocycles. The molecule has 11 nitrogen and oxygen atoms in total. The van der Waals surface area contributed by atoms with E-state index in [1.165, 1.54) is 29.8 Å². The van der Waals surface area contributed by atoms with E-state index in [2.05, 4.69) is 16.6 Å². The van der Waals surface area contributed by atoms with E-state index in [0.29, 0.717) is 58.5 Å². The smallest absolute Gasteiger partial charge is 0.410 e. The van der Waals surface area contributed by atoms with Gasteiger partial charge in [0.25, 0.3) is 0 Å². The molecule has 2 saturated heterocycles. The number of methoxy groups -OCH3 is 1. The molecule has 1 aromatic carbocycles. The van der Waals surface area contributed by atoms with Gasteiger partial charge in [0.05, 0.1) is 25.9 Å². The topological polar surface area (TPSA) is 120 Å². The number of sulfonamides is 1. The fourth-order valence-electron chi connectivity index (χ4n) is 5.88. The molecule has 0 aromatic heterocycles. The van der Waals surface area contributed by atoms with Crippen molar-refractivity contribution in [1.82, 2.24) is 14.1 Å². The van der Waals surface area contributed by atoms with E-state index in [-0.39, 0.29) is 30.2 Å². The van der Waals surface area contributed by atoms with Crippen LogP contribution in [-0.4, -0.2) is 125 Å². The van der Waals surface area contributed by atoms with Gasteiger partial charge in [-0.15, -0.1) is 0 Å². The zero-order chi connectivity index (χ0) is 34.7. The summed E-state index contributed by atoms with van der Waals surface area (Å²) in [7, 11) is 0.0568. The first-order chi connectivity index (χ1) is 22.1. The Bertz CT molecular complexity index is 1360. The van der Waals surface area contributed by atoms with Gasteiger partial charge in [0.2, 0.25) is 10.0 Å². The molecular weight excluding hydrogens is 627 g/mol. The van der Waals surface area contributed by atoms with Crippen LogP contribution in [0.25, 0.3) is 6.08 Å². The Morgan fingerprint density at radius 2 is 1.64 bits per heavy atom. The van der Waals surface area contributed by atoms with Gasteiger partial charge in [0.1, 0.15) is 11.9 Å². The standard InChI is InChI=1S/C34H53FN4O7S/c1-25(19-26(2)20-28-21-29(35)23-30(22-28)37-15-17-39(18-16-37)47(6,43)44)7-10-32(27(3)8-9-31(40)24-33(41)45-5)46-34(42)38-13-11-36(4)12-14-38/h7,10,20-23,25,27,31-32,40H,8-9,11-19,24H2,1-6H3/b10-7+,26-20+/t25-,27-,31+,32-/m0/s1. The number of amides is 1. The van der Waals surface area contributed by atoms with Gasteiger partial charge in [0, 0.05) is 58.0 Å². The molecule has 2 aliphatic heterocycles. The second kappa shape index (κ2) is 18.0. The summed E-state index contributed by atoms with van der Waals surface area (Å²) in [6, 6.07) is 4.89. The van der Waals surface area contributed by atoms with Crippen LogP contribution in [-0.2, 0) is 24.3 Å².